The number of aliphatic hydroxyl groups is 1. The third-order valence-electron chi connectivity index (χ3n) is 9.61. The van der Waals surface area contributed by atoms with Crippen LogP contribution < -0.4 is 4.57 Å². The fourth-order valence-electron chi connectivity index (χ4n) is 7.37. The average molecular weight is 563 g/mol. The summed E-state index contributed by atoms with van der Waals surface area (Å²) in [4.78, 5) is 0. The molecule has 3 aromatic carbocycles. The molecule has 208 valence electrons. The van der Waals surface area contributed by atoms with Crippen LogP contribution in [0.2, 0.25) is 0 Å². The van der Waals surface area contributed by atoms with Crippen LogP contribution in [0.1, 0.15) is 45.2 Å². The molecule has 0 saturated carbocycles. The third kappa shape index (κ3) is 3.45. The first-order valence-corrected chi connectivity index (χ1v) is 15.2. The van der Waals surface area contributed by atoms with Crippen molar-refractivity contribution in [3.63, 3.8) is 0 Å². The number of aromatic nitrogens is 1. The molecule has 1 aliphatic heterocycles. The highest BCUT2D eigenvalue weighted by Gasteiger charge is 2.61. The quantitative estimate of drug-likeness (QED) is 0.156. The zero-order chi connectivity index (χ0) is 28.7. The van der Waals surface area contributed by atoms with Crippen LogP contribution in [0.15, 0.2) is 83.6 Å². The molecule has 0 bridgehead atoms. The number of allylic oxidation sites excluding steroid dienone is 1. The van der Waals surface area contributed by atoms with Gasteiger partial charge in [0.2, 0.25) is 11.1 Å². The molecule has 0 spiro atoms. The number of ether oxygens (including phenoxy) is 1. The van der Waals surface area contributed by atoms with Gasteiger partial charge >= 0.3 is 0 Å². The number of hydrogen-bond acceptors (Lipinski definition) is 4. The zero-order valence-corrected chi connectivity index (χ0v) is 25.2. The van der Waals surface area contributed by atoms with Crippen molar-refractivity contribution in [2.24, 2.45) is 5.92 Å². The number of hydrogen-bond donors (Lipinski definition) is 1. The molecule has 0 aliphatic carbocycles. The minimum Gasteiger partial charge on any atom is -0.494 e. The van der Waals surface area contributed by atoms with Gasteiger partial charge in [-0.25, -0.2) is 0 Å². The Morgan fingerprint density at radius 1 is 1.07 bits per heavy atom. The highest BCUT2D eigenvalue weighted by molar-refractivity contribution is 7.26. The zero-order valence-electron chi connectivity index (χ0n) is 24.4. The van der Waals surface area contributed by atoms with Gasteiger partial charge in [0.05, 0.1) is 17.9 Å². The Kier molecular flexibility index (Phi) is 5.87. The second-order valence-corrected chi connectivity index (χ2v) is 13.3. The number of furan rings is 1. The Morgan fingerprint density at radius 2 is 1.88 bits per heavy atom. The first kappa shape index (κ1) is 26.2. The summed E-state index contributed by atoms with van der Waals surface area (Å²) in [5, 5.41) is 15.3. The van der Waals surface area contributed by atoms with Gasteiger partial charge in [0.1, 0.15) is 16.0 Å². The molecule has 2 unspecified atom stereocenters. The molecule has 1 N–H and O–H groups in total. The number of methoxy groups -OCH3 is 1. The standard InChI is InChI=1S/C36H36NO3S/c1-21(2)18-23-11-9-13-28-27(23)20-29(40-28)26-14-16-37-33-31-30(41-34(26)33)19-24-10-7-8-12-25(24)32(31)35(4,15-17-38)36(37,5)22(3)39-6/h7-14,16,19-21,38H,3,15,17-18H2,1-2,4-6H3/q+1. The number of aliphatic hydroxyl groups excluding tert-OH is 1. The van der Waals surface area contributed by atoms with E-state index in [4.69, 9.17) is 9.15 Å². The lowest BCUT2D eigenvalue weighted by atomic mass is 9.61. The summed E-state index contributed by atoms with van der Waals surface area (Å²) in [6, 6.07) is 21.7. The maximum absolute atomic E-state index is 10.4. The van der Waals surface area contributed by atoms with Gasteiger partial charge in [-0.3, -0.25) is 0 Å². The van der Waals surface area contributed by atoms with E-state index in [0.29, 0.717) is 18.1 Å². The predicted molar refractivity (Wildman–Crippen MR) is 170 cm³/mol. The van der Waals surface area contributed by atoms with Gasteiger partial charge in [0.15, 0.2) is 12.0 Å². The van der Waals surface area contributed by atoms with E-state index in [1.807, 2.05) is 11.3 Å². The van der Waals surface area contributed by atoms with Crippen LogP contribution in [-0.4, -0.2) is 18.8 Å². The van der Waals surface area contributed by atoms with Crippen molar-refractivity contribution < 1.29 is 18.8 Å². The Labute approximate surface area is 244 Å². The maximum atomic E-state index is 10.4. The number of rotatable bonds is 7. The highest BCUT2D eigenvalue weighted by atomic mass is 32.1. The Hall–Kier alpha value is -3.67. The second kappa shape index (κ2) is 9.17. The molecule has 0 saturated heterocycles. The molecule has 4 heterocycles. The summed E-state index contributed by atoms with van der Waals surface area (Å²) < 4.78 is 17.3. The van der Waals surface area contributed by atoms with E-state index in [1.54, 1.807) is 7.11 Å². The Morgan fingerprint density at radius 3 is 2.63 bits per heavy atom. The number of benzene rings is 3. The van der Waals surface area contributed by atoms with Crippen molar-refractivity contribution in [1.82, 2.24) is 0 Å². The van der Waals surface area contributed by atoms with Gasteiger partial charge < -0.3 is 14.3 Å². The van der Waals surface area contributed by atoms with Crippen LogP contribution in [0, 0.1) is 5.92 Å². The molecule has 41 heavy (non-hydrogen) atoms. The van der Waals surface area contributed by atoms with Crippen molar-refractivity contribution in [1.29, 1.82) is 0 Å². The smallest absolute Gasteiger partial charge is 0.233 e. The van der Waals surface area contributed by atoms with Crippen LogP contribution >= 0.6 is 11.3 Å². The maximum Gasteiger partial charge on any atom is 0.233 e. The summed E-state index contributed by atoms with van der Waals surface area (Å²) in [6.45, 7) is 13.5. The molecule has 5 heteroatoms. The van der Waals surface area contributed by atoms with Crippen molar-refractivity contribution >= 4 is 53.4 Å². The van der Waals surface area contributed by atoms with Gasteiger partial charge in [-0.05, 0) is 65.8 Å². The van der Waals surface area contributed by atoms with Crippen LogP contribution in [0.25, 0.3) is 53.4 Å². The van der Waals surface area contributed by atoms with Crippen LogP contribution in [0.4, 0.5) is 0 Å². The SMILES string of the molecule is C=C(OC)C1(C)[n+]2ccc(-c3cc4c(CC(C)C)cccc4o3)c3sc4cc5ccccc5c(c4c32)C1(C)CCO. The minimum absolute atomic E-state index is 0.0623. The lowest BCUT2D eigenvalue weighted by molar-refractivity contribution is -0.743. The molecule has 0 radical (unpaired) electrons. The highest BCUT2D eigenvalue weighted by Crippen LogP contribution is 2.56. The predicted octanol–water partition coefficient (Wildman–Crippen LogP) is 8.64. The average Bonchev–Trinajstić information content (AvgIpc) is 3.56. The van der Waals surface area contributed by atoms with Gasteiger partial charge in [0, 0.05) is 35.2 Å². The van der Waals surface area contributed by atoms with Crippen molar-refractivity contribution in [2.45, 2.75) is 51.5 Å². The van der Waals surface area contributed by atoms with Gasteiger partial charge in [-0.2, -0.15) is 4.57 Å². The topological polar surface area (TPSA) is 46.5 Å². The van der Waals surface area contributed by atoms with E-state index < -0.39 is 11.0 Å². The lowest BCUT2D eigenvalue weighted by Gasteiger charge is -2.45. The van der Waals surface area contributed by atoms with Crippen LogP contribution in [0.5, 0.6) is 0 Å². The van der Waals surface area contributed by atoms with Crippen molar-refractivity contribution in [3.8, 4) is 11.3 Å². The van der Waals surface area contributed by atoms with Gasteiger partial charge in [0.25, 0.3) is 0 Å². The summed E-state index contributed by atoms with van der Waals surface area (Å²) in [7, 11) is 1.70. The van der Waals surface area contributed by atoms with Gasteiger partial charge in [-0.15, -0.1) is 11.3 Å². The van der Waals surface area contributed by atoms with Gasteiger partial charge in [-0.1, -0.05) is 56.8 Å². The minimum atomic E-state index is -0.648. The van der Waals surface area contributed by atoms with E-state index in [1.165, 1.54) is 47.6 Å². The molecule has 3 aromatic heterocycles. The van der Waals surface area contributed by atoms with Crippen molar-refractivity contribution in [3.05, 3.63) is 90.3 Å². The van der Waals surface area contributed by atoms with E-state index in [0.717, 1.165) is 23.3 Å². The first-order valence-electron chi connectivity index (χ1n) is 14.4. The largest absolute Gasteiger partial charge is 0.494 e. The number of fused-ring (bicyclic) bond motifs is 3. The summed E-state index contributed by atoms with van der Waals surface area (Å²) in [6.07, 6.45) is 3.76. The monoisotopic (exact) mass is 562 g/mol. The van der Waals surface area contributed by atoms with Crippen molar-refractivity contribution in [2.75, 3.05) is 13.7 Å². The molecular formula is C36H36NO3S+. The first-order chi connectivity index (χ1) is 19.7. The van der Waals surface area contributed by atoms with Crippen LogP contribution in [0.3, 0.4) is 0 Å². The molecule has 0 amide bonds. The molecule has 1 aliphatic rings. The van der Waals surface area contributed by atoms with E-state index in [2.05, 4.69) is 106 Å². The third-order valence-corrected chi connectivity index (χ3v) is 10.8. The molecule has 4 nitrogen and oxygen atoms in total. The second-order valence-electron chi connectivity index (χ2n) is 12.3. The lowest BCUT2D eigenvalue weighted by Crippen LogP contribution is -2.68. The number of pyridine rings is 1. The molecule has 7 rings (SSSR count). The Balaban J connectivity index is 1.62. The Bertz CT molecular complexity index is 2010. The molecule has 2 atom stereocenters. The molecular weight excluding hydrogens is 526 g/mol. The number of nitrogens with zero attached hydrogens (tertiary/aromatic N) is 1. The number of thiophene rings is 1. The summed E-state index contributed by atoms with van der Waals surface area (Å²) in [5.74, 6) is 2.12. The van der Waals surface area contributed by atoms with Crippen LogP contribution in [-0.2, 0) is 22.1 Å². The van der Waals surface area contributed by atoms with E-state index in [9.17, 15) is 5.11 Å². The van der Waals surface area contributed by atoms with E-state index >= 15 is 0 Å². The molecule has 6 aromatic rings. The normalized spacial score (nSPS) is 20.3. The fraction of sp³-hybridized carbons (Fsp3) is 0.306. The van der Waals surface area contributed by atoms with E-state index in [-0.39, 0.29) is 6.61 Å². The summed E-state index contributed by atoms with van der Waals surface area (Å²) in [5.41, 5.74) is 4.64. The fourth-order valence-corrected chi connectivity index (χ4v) is 8.66. The molecule has 0 fully saturated rings. The summed E-state index contributed by atoms with van der Waals surface area (Å²) >= 11 is 1.82.